The minimum atomic E-state index is -0.410. The van der Waals surface area contributed by atoms with Crippen LogP contribution in [-0.2, 0) is 5.54 Å². The van der Waals surface area contributed by atoms with E-state index in [4.69, 9.17) is 0 Å². The van der Waals surface area contributed by atoms with Crippen molar-refractivity contribution in [2.24, 2.45) is 10.2 Å². The monoisotopic (exact) mass is 149 g/mol. The smallest absolute Gasteiger partial charge is 0.144 e. The fourth-order valence-electron chi connectivity index (χ4n) is 0.951. The molecule has 1 unspecified atom stereocenters. The van der Waals surface area contributed by atoms with E-state index in [1.54, 1.807) is 12.4 Å². The van der Waals surface area contributed by atoms with E-state index >= 15 is 0 Å². The van der Waals surface area contributed by atoms with E-state index in [1.807, 2.05) is 13.0 Å². The number of nitrogens with one attached hydrogen (secondary N) is 1. The molecule has 1 N–H and O–H groups in total. The van der Waals surface area contributed by atoms with E-state index in [2.05, 4.69) is 25.6 Å². The lowest BCUT2D eigenvalue weighted by Crippen LogP contribution is -2.13. The predicted octanol–water partition coefficient (Wildman–Crippen LogP) is 0.999. The van der Waals surface area contributed by atoms with Crippen molar-refractivity contribution in [1.29, 1.82) is 0 Å². The lowest BCUT2D eigenvalue weighted by Gasteiger charge is -2.10. The third-order valence-electron chi connectivity index (χ3n) is 1.67. The lowest BCUT2D eigenvalue weighted by atomic mass is 10.0. The van der Waals surface area contributed by atoms with Crippen molar-refractivity contribution in [3.63, 3.8) is 0 Å². The molecular weight excluding hydrogens is 142 g/mol. The maximum Gasteiger partial charge on any atom is 0.144 e. The van der Waals surface area contributed by atoms with Crippen molar-refractivity contribution in [1.82, 2.24) is 15.4 Å². The van der Waals surface area contributed by atoms with Crippen LogP contribution >= 0.6 is 0 Å². The summed E-state index contributed by atoms with van der Waals surface area (Å²) < 4.78 is 0. The number of rotatable bonds is 1. The normalized spacial score (nSPS) is 28.1. The molecule has 0 aromatic carbocycles. The summed E-state index contributed by atoms with van der Waals surface area (Å²) >= 11 is 0. The van der Waals surface area contributed by atoms with Gasteiger partial charge in [-0.2, -0.15) is 10.2 Å². The Morgan fingerprint density at radius 2 is 2.45 bits per heavy atom. The number of nitrogens with zero attached hydrogens (tertiary/aromatic N) is 4. The van der Waals surface area contributed by atoms with Gasteiger partial charge in [-0.05, 0) is 13.0 Å². The van der Waals surface area contributed by atoms with E-state index < -0.39 is 5.54 Å². The quantitative estimate of drug-likeness (QED) is 0.647. The molecule has 0 aliphatic carbocycles. The molecule has 0 saturated carbocycles. The predicted molar refractivity (Wildman–Crippen MR) is 37.7 cm³/mol. The fourth-order valence-corrected chi connectivity index (χ4v) is 0.951. The highest BCUT2D eigenvalue weighted by Gasteiger charge is 2.28. The van der Waals surface area contributed by atoms with E-state index in [0.717, 1.165) is 5.69 Å². The van der Waals surface area contributed by atoms with Gasteiger partial charge >= 0.3 is 0 Å². The van der Waals surface area contributed by atoms with E-state index in [-0.39, 0.29) is 0 Å². The molecule has 1 aliphatic rings. The highest BCUT2D eigenvalue weighted by molar-refractivity contribution is 5.20. The summed E-state index contributed by atoms with van der Waals surface area (Å²) in [4.78, 5) is 0. The van der Waals surface area contributed by atoms with Crippen LogP contribution in [0.1, 0.15) is 12.6 Å². The van der Waals surface area contributed by atoms with Gasteiger partial charge in [0.25, 0.3) is 0 Å². The van der Waals surface area contributed by atoms with E-state index in [9.17, 15) is 0 Å². The van der Waals surface area contributed by atoms with Gasteiger partial charge in [0.2, 0.25) is 0 Å². The van der Waals surface area contributed by atoms with Crippen LogP contribution in [-0.4, -0.2) is 15.4 Å². The average Bonchev–Trinajstić information content (AvgIpc) is 2.55. The van der Waals surface area contributed by atoms with Gasteiger partial charge in [0.15, 0.2) is 0 Å². The Morgan fingerprint density at radius 3 is 3.00 bits per heavy atom. The third kappa shape index (κ3) is 0.849. The number of azo groups is 1. The van der Waals surface area contributed by atoms with Gasteiger partial charge in [-0.1, -0.05) is 5.21 Å². The van der Waals surface area contributed by atoms with Crippen LogP contribution in [0, 0.1) is 0 Å². The number of aromatic nitrogens is 3. The van der Waals surface area contributed by atoms with Crippen molar-refractivity contribution in [3.05, 3.63) is 24.2 Å². The minimum Gasteiger partial charge on any atom is -0.265 e. The highest BCUT2D eigenvalue weighted by Crippen LogP contribution is 2.28. The van der Waals surface area contributed by atoms with Gasteiger partial charge < -0.3 is 0 Å². The molecule has 0 spiro atoms. The standard InChI is InChI=1S/C6H7N5/c1-6(2-3-7-10-6)5-4-8-11-9-5/h2-4H,1H3,(H,8,9,11). The van der Waals surface area contributed by atoms with E-state index in [1.165, 1.54) is 0 Å². The Labute approximate surface area is 63.2 Å². The van der Waals surface area contributed by atoms with E-state index in [0.29, 0.717) is 0 Å². The van der Waals surface area contributed by atoms with Crippen LogP contribution in [0.3, 0.4) is 0 Å². The molecule has 1 aliphatic heterocycles. The van der Waals surface area contributed by atoms with Crippen LogP contribution in [0.15, 0.2) is 28.7 Å². The molecule has 5 heteroatoms. The Balaban J connectivity index is 2.43. The summed E-state index contributed by atoms with van der Waals surface area (Å²) in [5.41, 5.74) is 0.377. The molecule has 2 heterocycles. The SMILES string of the molecule is CC1(c2c[nH]nn2)C=CN=N1. The second-order valence-corrected chi connectivity index (χ2v) is 2.54. The summed E-state index contributed by atoms with van der Waals surface area (Å²) in [7, 11) is 0. The lowest BCUT2D eigenvalue weighted by molar-refractivity contribution is 0.596. The summed E-state index contributed by atoms with van der Waals surface area (Å²) in [6.07, 6.45) is 5.26. The number of hydrogen-bond acceptors (Lipinski definition) is 4. The first-order chi connectivity index (χ1) is 5.31. The second kappa shape index (κ2) is 1.98. The third-order valence-corrected chi connectivity index (χ3v) is 1.67. The summed E-state index contributed by atoms with van der Waals surface area (Å²) in [5.74, 6) is 0. The van der Waals surface area contributed by atoms with Crippen LogP contribution in [0.4, 0.5) is 0 Å². The summed E-state index contributed by atoms with van der Waals surface area (Å²) in [6, 6.07) is 0. The minimum absolute atomic E-state index is 0.410. The first-order valence-electron chi connectivity index (χ1n) is 3.28. The first kappa shape index (κ1) is 6.21. The highest BCUT2D eigenvalue weighted by atomic mass is 15.3. The van der Waals surface area contributed by atoms with Crippen LogP contribution in [0.2, 0.25) is 0 Å². The van der Waals surface area contributed by atoms with Gasteiger partial charge in [-0.3, -0.25) is 5.10 Å². The zero-order valence-corrected chi connectivity index (χ0v) is 6.02. The van der Waals surface area contributed by atoms with Crippen molar-refractivity contribution in [2.45, 2.75) is 12.5 Å². The molecule has 1 aromatic heterocycles. The van der Waals surface area contributed by atoms with Gasteiger partial charge in [0.05, 0.1) is 0 Å². The van der Waals surface area contributed by atoms with Crippen molar-refractivity contribution in [2.75, 3.05) is 0 Å². The molecule has 5 nitrogen and oxygen atoms in total. The molecule has 11 heavy (non-hydrogen) atoms. The van der Waals surface area contributed by atoms with Crippen LogP contribution in [0.5, 0.6) is 0 Å². The maximum atomic E-state index is 4.00. The molecule has 0 saturated heterocycles. The van der Waals surface area contributed by atoms with Crippen LogP contribution < -0.4 is 0 Å². The largest absolute Gasteiger partial charge is 0.265 e. The topological polar surface area (TPSA) is 66.3 Å². The Bertz CT molecular complexity index is 285. The molecule has 2 rings (SSSR count). The zero-order chi connectivity index (χ0) is 7.73. The summed E-state index contributed by atoms with van der Waals surface area (Å²) in [6.45, 7) is 1.93. The Morgan fingerprint density at radius 1 is 1.55 bits per heavy atom. The maximum absolute atomic E-state index is 4.00. The van der Waals surface area contributed by atoms with Gasteiger partial charge in [-0.15, -0.1) is 5.10 Å². The first-order valence-corrected chi connectivity index (χ1v) is 3.28. The molecule has 1 atom stereocenters. The molecule has 0 bridgehead atoms. The van der Waals surface area contributed by atoms with Crippen molar-refractivity contribution >= 4 is 0 Å². The molecule has 0 fully saturated rings. The van der Waals surface area contributed by atoms with Gasteiger partial charge in [0, 0.05) is 12.4 Å². The number of aromatic amines is 1. The molecule has 56 valence electrons. The van der Waals surface area contributed by atoms with Crippen molar-refractivity contribution in [3.8, 4) is 0 Å². The van der Waals surface area contributed by atoms with Crippen molar-refractivity contribution < 1.29 is 0 Å². The molecule has 0 radical (unpaired) electrons. The van der Waals surface area contributed by atoms with Crippen LogP contribution in [0.25, 0.3) is 0 Å². The second-order valence-electron chi connectivity index (χ2n) is 2.54. The van der Waals surface area contributed by atoms with Gasteiger partial charge in [0.1, 0.15) is 11.2 Å². The zero-order valence-electron chi connectivity index (χ0n) is 6.02. The summed E-state index contributed by atoms with van der Waals surface area (Å²) in [5, 5.41) is 17.9. The average molecular weight is 149 g/mol. The Kier molecular flexibility index (Phi) is 1.12. The molecule has 1 aromatic rings. The number of H-pyrrole nitrogens is 1. The molecule has 0 amide bonds. The molecular formula is C6H7N5. The Hall–Kier alpha value is -1.52. The fraction of sp³-hybridized carbons (Fsp3) is 0.333. The van der Waals surface area contributed by atoms with Gasteiger partial charge in [-0.25, -0.2) is 0 Å². The number of hydrogen-bond donors (Lipinski definition) is 1.